The van der Waals surface area contributed by atoms with Crippen molar-refractivity contribution < 1.29 is 9.47 Å². The van der Waals surface area contributed by atoms with Crippen LogP contribution in [0.2, 0.25) is 0 Å². The zero-order valence-corrected chi connectivity index (χ0v) is 13.1. The fourth-order valence-electron chi connectivity index (χ4n) is 2.11. The molecule has 1 saturated carbocycles. The number of hydrogen-bond donors (Lipinski definition) is 1. The Labute approximate surface area is 128 Å². The number of ether oxygens (including phenoxy) is 2. The molecule has 3 rings (SSSR count). The quantitative estimate of drug-likeness (QED) is 0.852. The fraction of sp³-hybridized carbons (Fsp3) is 0.467. The Morgan fingerprint density at radius 1 is 1.19 bits per heavy atom. The summed E-state index contributed by atoms with van der Waals surface area (Å²) in [4.78, 5) is 0. The van der Waals surface area contributed by atoms with Gasteiger partial charge in [-0.1, -0.05) is 11.3 Å². The van der Waals surface area contributed by atoms with E-state index in [4.69, 9.17) is 9.47 Å². The maximum absolute atomic E-state index is 5.32. The minimum Gasteiger partial charge on any atom is -0.493 e. The van der Waals surface area contributed by atoms with Gasteiger partial charge in [0.25, 0.3) is 0 Å². The highest BCUT2D eigenvalue weighted by Crippen LogP contribution is 2.33. The normalized spacial score (nSPS) is 14.2. The number of methoxy groups -OCH3 is 2. The van der Waals surface area contributed by atoms with E-state index < -0.39 is 0 Å². The van der Waals surface area contributed by atoms with E-state index in [9.17, 15) is 0 Å². The molecule has 0 saturated heterocycles. The molecule has 0 amide bonds. The monoisotopic (exact) mass is 305 g/mol. The first-order chi connectivity index (χ1) is 10.3. The van der Waals surface area contributed by atoms with Crippen LogP contribution in [-0.4, -0.2) is 37.0 Å². The Balaban J connectivity index is 1.69. The maximum Gasteiger partial charge on any atom is 0.161 e. The second-order valence-electron chi connectivity index (χ2n) is 5.05. The van der Waals surface area contributed by atoms with Crippen molar-refractivity contribution >= 4 is 11.3 Å². The van der Waals surface area contributed by atoms with Gasteiger partial charge in [0.1, 0.15) is 10.0 Å². The molecule has 21 heavy (non-hydrogen) atoms. The Morgan fingerprint density at radius 3 is 2.71 bits per heavy atom. The van der Waals surface area contributed by atoms with Crippen LogP contribution in [-0.2, 0) is 6.42 Å². The lowest BCUT2D eigenvalue weighted by atomic mass is 10.2. The van der Waals surface area contributed by atoms with Crippen molar-refractivity contribution in [2.75, 3.05) is 20.8 Å². The summed E-state index contributed by atoms with van der Waals surface area (Å²) in [7, 11) is 3.27. The molecule has 1 heterocycles. The van der Waals surface area contributed by atoms with Gasteiger partial charge in [-0.05, 0) is 31.0 Å². The number of nitrogens with zero attached hydrogens (tertiary/aromatic N) is 2. The number of benzene rings is 1. The number of nitrogens with one attached hydrogen (secondary N) is 1. The zero-order valence-electron chi connectivity index (χ0n) is 12.3. The highest BCUT2D eigenvalue weighted by molar-refractivity contribution is 7.14. The lowest BCUT2D eigenvalue weighted by Gasteiger charge is -2.07. The lowest BCUT2D eigenvalue weighted by Crippen LogP contribution is -2.19. The summed E-state index contributed by atoms with van der Waals surface area (Å²) in [6, 6.07) is 6.55. The van der Waals surface area contributed by atoms with Crippen LogP contribution < -0.4 is 14.8 Å². The molecule has 0 bridgehead atoms. The van der Waals surface area contributed by atoms with Crippen molar-refractivity contribution in [1.82, 2.24) is 15.5 Å². The van der Waals surface area contributed by atoms with Gasteiger partial charge in [0.05, 0.1) is 14.2 Å². The summed E-state index contributed by atoms with van der Waals surface area (Å²) >= 11 is 1.63. The average molecular weight is 305 g/mol. The van der Waals surface area contributed by atoms with Crippen LogP contribution in [0.25, 0.3) is 10.6 Å². The van der Waals surface area contributed by atoms with E-state index in [0.29, 0.717) is 5.75 Å². The molecule has 1 aromatic heterocycles. The fourth-order valence-corrected chi connectivity index (χ4v) is 2.95. The van der Waals surface area contributed by atoms with Crippen LogP contribution in [0, 0.1) is 0 Å². The molecule has 2 aromatic rings. The Bertz CT molecular complexity index is 611. The molecule has 6 heteroatoms. The van der Waals surface area contributed by atoms with E-state index >= 15 is 0 Å². The Hall–Kier alpha value is -1.66. The summed E-state index contributed by atoms with van der Waals surface area (Å²) in [6.07, 6.45) is 3.56. The SMILES string of the molecule is COc1ccc(-c2nnc(CCNC3CC3)s2)cc1OC. The minimum atomic E-state index is 0.710. The minimum absolute atomic E-state index is 0.710. The van der Waals surface area contributed by atoms with Gasteiger partial charge in [-0.2, -0.15) is 0 Å². The van der Waals surface area contributed by atoms with E-state index in [1.807, 2.05) is 18.2 Å². The number of aromatic nitrogens is 2. The molecule has 112 valence electrons. The molecule has 0 unspecified atom stereocenters. The van der Waals surface area contributed by atoms with Gasteiger partial charge >= 0.3 is 0 Å². The third-order valence-corrected chi connectivity index (χ3v) is 4.48. The molecule has 1 N–H and O–H groups in total. The van der Waals surface area contributed by atoms with Gasteiger partial charge in [-0.25, -0.2) is 0 Å². The molecule has 1 aliphatic rings. The number of rotatable bonds is 7. The Kier molecular flexibility index (Phi) is 4.36. The molecule has 1 aliphatic carbocycles. The van der Waals surface area contributed by atoms with Gasteiger partial charge in [-0.15, -0.1) is 10.2 Å². The zero-order chi connectivity index (χ0) is 14.7. The predicted octanol–water partition coefficient (Wildman–Crippen LogP) is 2.52. The van der Waals surface area contributed by atoms with Gasteiger partial charge in [0, 0.05) is 24.6 Å². The largest absolute Gasteiger partial charge is 0.493 e. The van der Waals surface area contributed by atoms with Crippen molar-refractivity contribution in [3.05, 3.63) is 23.2 Å². The van der Waals surface area contributed by atoms with Crippen LogP contribution >= 0.6 is 11.3 Å². The van der Waals surface area contributed by atoms with Crippen molar-refractivity contribution in [2.24, 2.45) is 0 Å². The average Bonchev–Trinajstić information content (AvgIpc) is 3.22. The standard InChI is InChI=1S/C15H19N3O2S/c1-19-12-6-3-10(9-13(12)20-2)15-18-17-14(21-15)7-8-16-11-4-5-11/h3,6,9,11,16H,4-5,7-8H2,1-2H3. The molecule has 0 aliphatic heterocycles. The summed E-state index contributed by atoms with van der Waals surface area (Å²) in [6.45, 7) is 0.977. The van der Waals surface area contributed by atoms with Gasteiger partial charge in [-0.3, -0.25) is 0 Å². The molecular formula is C15H19N3O2S. The molecular weight excluding hydrogens is 286 g/mol. The van der Waals surface area contributed by atoms with Crippen molar-refractivity contribution in [3.63, 3.8) is 0 Å². The van der Waals surface area contributed by atoms with E-state index in [2.05, 4.69) is 15.5 Å². The molecule has 5 nitrogen and oxygen atoms in total. The van der Waals surface area contributed by atoms with E-state index in [1.54, 1.807) is 25.6 Å². The summed E-state index contributed by atoms with van der Waals surface area (Å²) in [5.74, 6) is 1.43. The van der Waals surface area contributed by atoms with Crippen LogP contribution in [0.15, 0.2) is 18.2 Å². The first-order valence-electron chi connectivity index (χ1n) is 7.08. The smallest absolute Gasteiger partial charge is 0.161 e. The summed E-state index contributed by atoms with van der Waals surface area (Å²) in [5.41, 5.74) is 1.01. The molecule has 0 spiro atoms. The third kappa shape index (κ3) is 3.51. The van der Waals surface area contributed by atoms with Gasteiger partial charge in [0.2, 0.25) is 0 Å². The molecule has 1 fully saturated rings. The molecule has 1 aromatic carbocycles. The van der Waals surface area contributed by atoms with Crippen LogP contribution in [0.1, 0.15) is 17.8 Å². The van der Waals surface area contributed by atoms with Crippen molar-refractivity contribution in [2.45, 2.75) is 25.3 Å². The van der Waals surface area contributed by atoms with Crippen molar-refractivity contribution in [1.29, 1.82) is 0 Å². The van der Waals surface area contributed by atoms with E-state index in [-0.39, 0.29) is 0 Å². The van der Waals surface area contributed by atoms with E-state index in [0.717, 1.165) is 40.3 Å². The van der Waals surface area contributed by atoms with Crippen LogP contribution in [0.3, 0.4) is 0 Å². The second-order valence-corrected chi connectivity index (χ2v) is 6.11. The Morgan fingerprint density at radius 2 is 2.00 bits per heavy atom. The maximum atomic E-state index is 5.32. The first-order valence-corrected chi connectivity index (χ1v) is 7.90. The summed E-state index contributed by atoms with van der Waals surface area (Å²) in [5, 5.41) is 14.0. The first kappa shape index (κ1) is 14.3. The van der Waals surface area contributed by atoms with Gasteiger partial charge < -0.3 is 14.8 Å². The number of hydrogen-bond acceptors (Lipinski definition) is 6. The van der Waals surface area contributed by atoms with Crippen LogP contribution in [0.4, 0.5) is 0 Å². The second kappa shape index (κ2) is 6.41. The van der Waals surface area contributed by atoms with Crippen molar-refractivity contribution in [3.8, 4) is 22.1 Å². The highest BCUT2D eigenvalue weighted by Gasteiger charge is 2.20. The molecule has 0 radical (unpaired) electrons. The lowest BCUT2D eigenvalue weighted by molar-refractivity contribution is 0.355. The topological polar surface area (TPSA) is 56.3 Å². The predicted molar refractivity (Wildman–Crippen MR) is 83.2 cm³/mol. The highest BCUT2D eigenvalue weighted by atomic mass is 32.1. The molecule has 0 atom stereocenters. The summed E-state index contributed by atoms with van der Waals surface area (Å²) < 4.78 is 10.6. The van der Waals surface area contributed by atoms with Crippen LogP contribution in [0.5, 0.6) is 11.5 Å². The van der Waals surface area contributed by atoms with Gasteiger partial charge in [0.15, 0.2) is 11.5 Å². The van der Waals surface area contributed by atoms with E-state index in [1.165, 1.54) is 12.8 Å². The third-order valence-electron chi connectivity index (χ3n) is 3.45.